The van der Waals surface area contributed by atoms with E-state index in [9.17, 15) is 0 Å². The summed E-state index contributed by atoms with van der Waals surface area (Å²) in [5.74, 6) is 0. The molecule has 0 aliphatic carbocycles. The predicted octanol–water partition coefficient (Wildman–Crippen LogP) is -4.95. The first kappa shape index (κ1) is 345. The van der Waals surface area contributed by atoms with Crippen molar-refractivity contribution in [3.63, 3.8) is 0 Å². The van der Waals surface area contributed by atoms with Crippen LogP contribution in [0.15, 0.2) is 0 Å². The van der Waals surface area contributed by atoms with E-state index in [1.807, 2.05) is 0 Å². The van der Waals surface area contributed by atoms with Gasteiger partial charge in [0, 0.05) is 0 Å². The molecule has 6 nitrogen and oxygen atoms in total. The summed E-state index contributed by atoms with van der Waals surface area (Å²) in [6.07, 6.45) is 0. The Kier molecular flexibility index (Phi) is 11000. The molecule has 0 saturated heterocycles. The van der Waals surface area contributed by atoms with Gasteiger partial charge < -0.3 is 32.9 Å². The molecule has 0 bridgehead atoms. The van der Waals surface area contributed by atoms with Crippen molar-refractivity contribution in [2.75, 3.05) is 0 Å². The maximum atomic E-state index is 0. The Morgan fingerprint density at radius 1 is 0.286 bits per heavy atom. The first-order valence-corrected chi connectivity index (χ1v) is 0. The maximum Gasteiger partial charge on any atom is 4.00 e. The van der Waals surface area contributed by atoms with Crippen LogP contribution in [0.4, 0.5) is 0 Å². The minimum atomic E-state index is 0. The van der Waals surface area contributed by atoms with Gasteiger partial charge in [-0.05, 0) is 0 Å². The van der Waals surface area contributed by atoms with Crippen LogP contribution >= 0.6 is 0 Å². The third kappa shape index (κ3) is 156. The molecule has 0 aromatic heterocycles. The largest absolute Gasteiger partial charge is 4.00 e. The van der Waals surface area contributed by atoms with Crippen molar-refractivity contribution in [3.8, 4) is 0 Å². The van der Waals surface area contributed by atoms with Gasteiger partial charge in [-0.2, -0.15) is 0 Å². The molecule has 0 spiro atoms. The average Bonchev–Trinajstić information content (AvgIpc) is 0. The van der Waals surface area contributed by atoms with Crippen LogP contribution < -0.4 is 0 Å². The zero-order chi connectivity index (χ0) is 0. The molecule has 7 heteroatoms. The Hall–Kier alpha value is 1.08. The molecule has 0 aliphatic heterocycles. The van der Waals surface area contributed by atoms with Crippen molar-refractivity contribution in [2.24, 2.45) is 0 Å². The Labute approximate surface area is 72.4 Å². The van der Waals surface area contributed by atoms with Crippen molar-refractivity contribution in [1.29, 1.82) is 0 Å². The second kappa shape index (κ2) is 223. The third-order valence-electron chi connectivity index (χ3n) is 0. The van der Waals surface area contributed by atoms with Gasteiger partial charge in [0.25, 0.3) is 0 Å². The molecule has 12 N–H and O–H groups in total. The normalized spacial score (nSPS) is 0. The van der Waals surface area contributed by atoms with Crippen LogP contribution in [0.1, 0.15) is 0 Å². The molecule has 0 saturated carbocycles. The molecule has 7 heavy (non-hydrogen) atoms. The van der Waals surface area contributed by atoms with Crippen LogP contribution in [0, 0.1) is 39.9 Å². The van der Waals surface area contributed by atoms with Gasteiger partial charge in [0.2, 0.25) is 0 Å². The van der Waals surface area contributed by atoms with Crippen LogP contribution in [0.3, 0.4) is 0 Å². The second-order valence-electron chi connectivity index (χ2n) is 0. The molecule has 0 fully saturated rings. The van der Waals surface area contributed by atoms with E-state index in [1.54, 1.807) is 0 Å². The second-order valence-corrected chi connectivity index (χ2v) is 0. The smallest absolute Gasteiger partial charge is 0.412 e. The van der Waals surface area contributed by atoms with E-state index < -0.39 is 0 Å². The van der Waals surface area contributed by atoms with Crippen molar-refractivity contribution in [2.45, 2.75) is 0 Å². The number of rotatable bonds is 0. The summed E-state index contributed by atoms with van der Waals surface area (Å²) in [5, 5.41) is 0. The fourth-order valence-corrected chi connectivity index (χ4v) is 0. The fourth-order valence-electron chi connectivity index (χ4n) is 0. The summed E-state index contributed by atoms with van der Waals surface area (Å²) in [6.45, 7) is 0. The molecule has 0 aliphatic rings. The molecule has 0 aromatic rings. The van der Waals surface area contributed by atoms with E-state index in [1.165, 1.54) is 0 Å². The minimum Gasteiger partial charge on any atom is -0.412 e. The molecular formula is H12O6Th+4. The van der Waals surface area contributed by atoms with Crippen molar-refractivity contribution in [3.05, 3.63) is 0 Å². The predicted molar refractivity (Wildman–Crippen MR) is 21.7 cm³/mol. The van der Waals surface area contributed by atoms with Crippen LogP contribution in [-0.2, 0) is 0 Å². The van der Waals surface area contributed by atoms with Gasteiger partial charge in [-0.25, -0.2) is 0 Å². The van der Waals surface area contributed by atoms with Crippen molar-refractivity contribution in [1.82, 2.24) is 0 Å². The van der Waals surface area contributed by atoms with E-state index >= 15 is 0 Å². The summed E-state index contributed by atoms with van der Waals surface area (Å²) in [5.41, 5.74) is 0. The van der Waals surface area contributed by atoms with Gasteiger partial charge in [0.15, 0.2) is 0 Å². The molecule has 0 rings (SSSR count). The summed E-state index contributed by atoms with van der Waals surface area (Å²) >= 11 is 0. The first-order valence-electron chi connectivity index (χ1n) is 0. The molecule has 0 radical (unpaired) electrons. The minimum absolute atomic E-state index is 0. The van der Waals surface area contributed by atoms with Crippen LogP contribution in [0.5, 0.6) is 0 Å². The zero-order valence-corrected chi connectivity index (χ0v) is 7.61. The monoisotopic (exact) mass is 340 g/mol. The van der Waals surface area contributed by atoms with Crippen LogP contribution in [0.2, 0.25) is 0 Å². The summed E-state index contributed by atoms with van der Waals surface area (Å²) in [6, 6.07) is 0. The molecule has 0 amide bonds. The number of hydrogen-bond acceptors (Lipinski definition) is 0. The standard InChI is InChI=1S/6H2O.Th/h6*1H2;/q;;;;;;+4. The average molecular weight is 340 g/mol. The van der Waals surface area contributed by atoms with Crippen LogP contribution in [-0.4, -0.2) is 32.9 Å². The molecule has 48 valence electrons. The fraction of sp³-hybridized carbons (Fsp3) is 0. The van der Waals surface area contributed by atoms with E-state index in [0.717, 1.165) is 0 Å². The Morgan fingerprint density at radius 2 is 0.286 bits per heavy atom. The SMILES string of the molecule is O.O.O.O.O.O.[Th+4]. The Bertz CT molecular complexity index is 4.14. The molecule has 0 atom stereocenters. The van der Waals surface area contributed by atoms with Gasteiger partial charge in [-0.1, -0.05) is 0 Å². The van der Waals surface area contributed by atoms with E-state index in [0.29, 0.717) is 0 Å². The van der Waals surface area contributed by atoms with E-state index in [2.05, 4.69) is 0 Å². The summed E-state index contributed by atoms with van der Waals surface area (Å²) < 4.78 is 0. The number of hydrogen-bond donors (Lipinski definition) is 0. The van der Waals surface area contributed by atoms with Gasteiger partial charge >= 0.3 is 39.9 Å². The van der Waals surface area contributed by atoms with Gasteiger partial charge in [0.05, 0.1) is 0 Å². The van der Waals surface area contributed by atoms with Crippen molar-refractivity contribution >= 4 is 0 Å². The Morgan fingerprint density at radius 3 is 0.286 bits per heavy atom. The first-order chi connectivity index (χ1) is 0. The molecule has 0 heterocycles. The molecule has 0 unspecified atom stereocenters. The van der Waals surface area contributed by atoms with Crippen molar-refractivity contribution < 1.29 is 72.8 Å². The topological polar surface area (TPSA) is 189 Å². The molecule has 0 aromatic carbocycles. The third-order valence-corrected chi connectivity index (χ3v) is 0. The Balaban J connectivity index is 0. The van der Waals surface area contributed by atoms with Gasteiger partial charge in [-0.15, -0.1) is 0 Å². The summed E-state index contributed by atoms with van der Waals surface area (Å²) in [7, 11) is 0. The quantitative estimate of drug-likeness (QED) is 0.409. The summed E-state index contributed by atoms with van der Waals surface area (Å²) in [4.78, 5) is 0. The zero-order valence-electron chi connectivity index (χ0n) is 3.50. The van der Waals surface area contributed by atoms with E-state index in [4.69, 9.17) is 0 Å². The maximum absolute atomic E-state index is 0. The van der Waals surface area contributed by atoms with Crippen LogP contribution in [0.25, 0.3) is 0 Å². The van der Waals surface area contributed by atoms with Gasteiger partial charge in [0.1, 0.15) is 0 Å². The molecular weight excluding hydrogens is 328 g/mol. The van der Waals surface area contributed by atoms with E-state index in [-0.39, 0.29) is 72.8 Å². The van der Waals surface area contributed by atoms with Gasteiger partial charge in [-0.3, -0.25) is 0 Å².